The molecule has 8 heteroatoms. The van der Waals surface area contributed by atoms with Crippen molar-refractivity contribution < 1.29 is 0 Å². The molecule has 1 aliphatic carbocycles. The minimum Gasteiger partial charge on any atom is -0.348 e. The number of nitrogens with one attached hydrogen (secondary N) is 4. The molecule has 0 bridgehead atoms. The van der Waals surface area contributed by atoms with Crippen LogP contribution in [0.25, 0.3) is 11.0 Å². The maximum atomic E-state index is 4.57. The Labute approximate surface area is 162 Å². The average Bonchev–Trinajstić information content (AvgIpc) is 3.29. The quantitative estimate of drug-likeness (QED) is 0.402. The largest absolute Gasteiger partial charge is 0.348 e. The van der Waals surface area contributed by atoms with E-state index in [0.717, 1.165) is 22.4 Å². The van der Waals surface area contributed by atoms with Crippen LogP contribution in [0.15, 0.2) is 42.9 Å². The zero-order valence-corrected chi connectivity index (χ0v) is 15.6. The van der Waals surface area contributed by atoms with E-state index >= 15 is 0 Å². The van der Waals surface area contributed by atoms with E-state index in [0.29, 0.717) is 17.7 Å². The van der Waals surface area contributed by atoms with Crippen molar-refractivity contribution in [1.82, 2.24) is 30.1 Å². The van der Waals surface area contributed by atoms with E-state index in [-0.39, 0.29) is 6.04 Å². The monoisotopic (exact) mass is 374 g/mol. The molecule has 0 amide bonds. The Bertz CT molecular complexity index is 1090. The number of fused-ring (bicyclic) bond motifs is 1. The summed E-state index contributed by atoms with van der Waals surface area (Å²) in [5, 5.41) is 14.1. The molecular formula is C20H22N8. The molecule has 3 aromatic heterocycles. The number of nitrogens with zero attached hydrogens (tertiary/aromatic N) is 4. The summed E-state index contributed by atoms with van der Waals surface area (Å²) in [6.07, 6.45) is 7.23. The van der Waals surface area contributed by atoms with E-state index in [1.807, 2.05) is 12.1 Å². The van der Waals surface area contributed by atoms with E-state index in [1.54, 1.807) is 12.5 Å². The minimum atomic E-state index is 0.0542. The molecule has 1 aromatic carbocycles. The molecule has 4 N–H and O–H groups in total. The van der Waals surface area contributed by atoms with Crippen LogP contribution in [0.2, 0.25) is 0 Å². The van der Waals surface area contributed by atoms with Crippen LogP contribution in [-0.4, -0.2) is 30.1 Å². The second-order valence-corrected chi connectivity index (χ2v) is 7.27. The number of hydrogen-bond acceptors (Lipinski definition) is 6. The van der Waals surface area contributed by atoms with E-state index in [4.69, 9.17) is 0 Å². The molecule has 3 heterocycles. The van der Waals surface area contributed by atoms with Gasteiger partial charge in [0.15, 0.2) is 5.82 Å². The third-order valence-electron chi connectivity index (χ3n) is 5.34. The molecule has 0 saturated heterocycles. The minimum absolute atomic E-state index is 0.0542. The smallest absolute Gasteiger partial charge is 0.225 e. The highest BCUT2D eigenvalue weighted by molar-refractivity contribution is 5.75. The predicted octanol–water partition coefficient (Wildman–Crippen LogP) is 4.26. The maximum Gasteiger partial charge on any atom is 0.225 e. The number of H-pyrrole nitrogens is 2. The number of imidazole rings is 1. The molecule has 28 heavy (non-hydrogen) atoms. The third-order valence-corrected chi connectivity index (χ3v) is 5.34. The summed E-state index contributed by atoms with van der Waals surface area (Å²) in [5.41, 5.74) is 4.31. The number of aromatic nitrogens is 6. The van der Waals surface area contributed by atoms with Crippen LogP contribution < -0.4 is 10.6 Å². The molecule has 1 aliphatic rings. The van der Waals surface area contributed by atoms with Gasteiger partial charge in [-0.25, -0.2) is 9.97 Å². The lowest BCUT2D eigenvalue weighted by Gasteiger charge is -2.23. The molecule has 1 unspecified atom stereocenters. The van der Waals surface area contributed by atoms with Crippen molar-refractivity contribution in [3.8, 4) is 0 Å². The lowest BCUT2D eigenvalue weighted by Crippen LogP contribution is -2.10. The van der Waals surface area contributed by atoms with Crippen LogP contribution in [0, 0.1) is 0 Å². The SMILES string of the molecule is CC(Nc1nccc(Nc2cc(C3CCC3)[nH]n2)n1)c1ccc2nc[nH]c2c1. The van der Waals surface area contributed by atoms with Crippen molar-refractivity contribution in [2.75, 3.05) is 10.6 Å². The summed E-state index contributed by atoms with van der Waals surface area (Å²) in [6.45, 7) is 2.08. The Balaban J connectivity index is 1.28. The molecule has 8 nitrogen and oxygen atoms in total. The number of anilines is 3. The van der Waals surface area contributed by atoms with Gasteiger partial charge in [-0.05, 0) is 43.5 Å². The molecule has 0 radical (unpaired) electrons. The molecule has 1 fully saturated rings. The zero-order chi connectivity index (χ0) is 18.9. The van der Waals surface area contributed by atoms with E-state index < -0.39 is 0 Å². The third kappa shape index (κ3) is 3.28. The Hall–Kier alpha value is -3.42. The van der Waals surface area contributed by atoms with E-state index in [1.165, 1.54) is 25.0 Å². The first-order chi connectivity index (χ1) is 13.7. The van der Waals surface area contributed by atoms with Crippen LogP contribution in [-0.2, 0) is 0 Å². The molecule has 1 atom stereocenters. The van der Waals surface area contributed by atoms with Crippen LogP contribution in [0.1, 0.15) is 49.4 Å². The first-order valence-corrected chi connectivity index (χ1v) is 9.59. The van der Waals surface area contributed by atoms with Gasteiger partial charge in [-0.3, -0.25) is 5.10 Å². The van der Waals surface area contributed by atoms with Gasteiger partial charge < -0.3 is 15.6 Å². The fourth-order valence-electron chi connectivity index (χ4n) is 3.46. The number of benzene rings is 1. The highest BCUT2D eigenvalue weighted by Gasteiger charge is 2.21. The highest BCUT2D eigenvalue weighted by atomic mass is 15.2. The second-order valence-electron chi connectivity index (χ2n) is 7.27. The van der Waals surface area contributed by atoms with Gasteiger partial charge in [-0.2, -0.15) is 10.1 Å². The van der Waals surface area contributed by atoms with Gasteiger partial charge >= 0.3 is 0 Å². The van der Waals surface area contributed by atoms with Crippen LogP contribution in [0.3, 0.4) is 0 Å². The maximum absolute atomic E-state index is 4.57. The zero-order valence-electron chi connectivity index (χ0n) is 15.6. The first-order valence-electron chi connectivity index (χ1n) is 9.59. The summed E-state index contributed by atoms with van der Waals surface area (Å²) in [5.74, 6) is 2.68. The summed E-state index contributed by atoms with van der Waals surface area (Å²) in [4.78, 5) is 16.3. The first kappa shape index (κ1) is 16.7. The number of aromatic amines is 2. The lowest BCUT2D eigenvalue weighted by atomic mass is 9.83. The Kier molecular flexibility index (Phi) is 4.16. The van der Waals surface area contributed by atoms with Crippen LogP contribution in [0.4, 0.5) is 17.6 Å². The van der Waals surface area contributed by atoms with E-state index in [9.17, 15) is 0 Å². The van der Waals surface area contributed by atoms with Gasteiger partial charge in [0.1, 0.15) is 5.82 Å². The number of hydrogen-bond donors (Lipinski definition) is 4. The van der Waals surface area contributed by atoms with Gasteiger partial charge in [0.2, 0.25) is 5.95 Å². The van der Waals surface area contributed by atoms with Crippen molar-refractivity contribution in [2.24, 2.45) is 0 Å². The van der Waals surface area contributed by atoms with Gasteiger partial charge in [0.05, 0.1) is 23.4 Å². The van der Waals surface area contributed by atoms with Crippen molar-refractivity contribution in [1.29, 1.82) is 0 Å². The fourth-order valence-corrected chi connectivity index (χ4v) is 3.46. The summed E-state index contributed by atoms with van der Waals surface area (Å²) in [6, 6.07) is 10.1. The molecule has 4 aromatic rings. The predicted molar refractivity (Wildman–Crippen MR) is 109 cm³/mol. The molecule has 0 aliphatic heterocycles. The Morgan fingerprint density at radius 1 is 1.11 bits per heavy atom. The van der Waals surface area contributed by atoms with Gasteiger partial charge in [-0.1, -0.05) is 12.5 Å². The fraction of sp³-hybridized carbons (Fsp3) is 0.300. The van der Waals surface area contributed by atoms with Gasteiger partial charge in [-0.15, -0.1) is 0 Å². The summed E-state index contributed by atoms with van der Waals surface area (Å²) >= 11 is 0. The topological polar surface area (TPSA) is 107 Å². The molecular weight excluding hydrogens is 352 g/mol. The normalized spacial score (nSPS) is 15.3. The number of rotatable bonds is 6. The molecule has 142 valence electrons. The van der Waals surface area contributed by atoms with Gasteiger partial charge in [0.25, 0.3) is 0 Å². The highest BCUT2D eigenvalue weighted by Crippen LogP contribution is 2.36. The lowest BCUT2D eigenvalue weighted by molar-refractivity contribution is 0.410. The Morgan fingerprint density at radius 3 is 2.89 bits per heavy atom. The van der Waals surface area contributed by atoms with Crippen molar-refractivity contribution in [3.63, 3.8) is 0 Å². The van der Waals surface area contributed by atoms with Crippen molar-refractivity contribution in [3.05, 3.63) is 54.1 Å². The van der Waals surface area contributed by atoms with E-state index in [2.05, 4.69) is 65.9 Å². The van der Waals surface area contributed by atoms with Crippen LogP contribution in [0.5, 0.6) is 0 Å². The average molecular weight is 374 g/mol. The van der Waals surface area contributed by atoms with Crippen molar-refractivity contribution in [2.45, 2.75) is 38.1 Å². The Morgan fingerprint density at radius 2 is 2.04 bits per heavy atom. The molecule has 0 spiro atoms. The molecule has 1 saturated carbocycles. The van der Waals surface area contributed by atoms with Gasteiger partial charge in [0, 0.05) is 23.9 Å². The molecule has 5 rings (SSSR count). The van der Waals surface area contributed by atoms with Crippen LogP contribution >= 0.6 is 0 Å². The second kappa shape index (κ2) is 6.95. The van der Waals surface area contributed by atoms with Crippen molar-refractivity contribution >= 4 is 28.6 Å². The summed E-state index contributed by atoms with van der Waals surface area (Å²) < 4.78 is 0. The summed E-state index contributed by atoms with van der Waals surface area (Å²) in [7, 11) is 0. The standard InChI is InChI=1S/C20H22N8/c1-12(14-5-6-15-17(9-14)23-11-22-15)24-20-21-8-7-18(26-20)25-19-10-16(27-28-19)13-3-2-4-13/h5-13H,2-4H2,1H3,(H,22,23)(H3,21,24,25,26,27,28).